The second-order valence-electron chi connectivity index (χ2n) is 4.54. The predicted octanol–water partition coefficient (Wildman–Crippen LogP) is 3.38. The maximum Gasteiger partial charge on any atom is 0.118 e. The van der Waals surface area contributed by atoms with E-state index in [0.717, 1.165) is 37.0 Å². The van der Waals surface area contributed by atoms with Crippen molar-refractivity contribution in [3.8, 4) is 11.8 Å². The van der Waals surface area contributed by atoms with Gasteiger partial charge in [0.2, 0.25) is 0 Å². The highest BCUT2D eigenvalue weighted by molar-refractivity contribution is 5.31. The normalized spacial score (nSPS) is 17.0. The maximum atomic E-state index is 10.5. The highest BCUT2D eigenvalue weighted by Crippen LogP contribution is 2.37. The third-order valence-electron chi connectivity index (χ3n) is 3.31. The number of ether oxygens (including phenoxy) is 1. The molecule has 18 heavy (non-hydrogen) atoms. The molecule has 0 heterocycles. The molecule has 3 heteroatoms. The Kier molecular flexibility index (Phi) is 5.67. The first-order valence-corrected chi connectivity index (χ1v) is 6.34. The number of benzene rings is 1. The summed E-state index contributed by atoms with van der Waals surface area (Å²) >= 11 is 0. The molecule has 0 aliphatic heterocycles. The maximum absolute atomic E-state index is 10.5. The van der Waals surface area contributed by atoms with Gasteiger partial charge in [-0.2, -0.15) is 5.26 Å². The molecule has 0 radical (unpaired) electrons. The van der Waals surface area contributed by atoms with Crippen LogP contribution in [0.5, 0.6) is 5.75 Å². The van der Waals surface area contributed by atoms with E-state index in [1.54, 1.807) is 13.2 Å². The number of hydrogen-bond acceptors (Lipinski definition) is 3. The van der Waals surface area contributed by atoms with Gasteiger partial charge in [0.15, 0.2) is 0 Å². The first-order chi connectivity index (χ1) is 8.66. The fraction of sp³-hybridized carbons (Fsp3) is 0.533. The smallest absolute Gasteiger partial charge is 0.118 e. The fourth-order valence-corrected chi connectivity index (χ4v) is 2.33. The molecule has 1 N–H and O–H groups in total. The summed E-state index contributed by atoms with van der Waals surface area (Å²) in [6.07, 6.45) is 5.28. The Bertz CT molecular complexity index is 386. The Morgan fingerprint density at radius 1 is 1.17 bits per heavy atom. The van der Waals surface area contributed by atoms with Gasteiger partial charge < -0.3 is 9.84 Å². The largest absolute Gasteiger partial charge is 0.497 e. The molecule has 0 atom stereocenters. The summed E-state index contributed by atoms with van der Waals surface area (Å²) in [5.74, 6) is 0.846. The first kappa shape index (κ1) is 14.5. The van der Waals surface area contributed by atoms with Crippen LogP contribution in [0.25, 0.3) is 0 Å². The average molecular weight is 247 g/mol. The van der Waals surface area contributed by atoms with E-state index in [0.29, 0.717) is 0 Å². The van der Waals surface area contributed by atoms with E-state index in [2.05, 4.69) is 0 Å². The third-order valence-corrected chi connectivity index (χ3v) is 3.31. The quantitative estimate of drug-likeness (QED) is 0.871. The second kappa shape index (κ2) is 7.03. The number of hydrogen-bond donors (Lipinski definition) is 1. The molecule has 0 bridgehead atoms. The van der Waals surface area contributed by atoms with Gasteiger partial charge in [-0.1, -0.05) is 31.4 Å². The molecule has 1 aliphatic carbocycles. The van der Waals surface area contributed by atoms with Crippen molar-refractivity contribution < 1.29 is 9.84 Å². The van der Waals surface area contributed by atoms with E-state index in [-0.39, 0.29) is 0 Å². The second-order valence-corrected chi connectivity index (χ2v) is 4.54. The van der Waals surface area contributed by atoms with E-state index in [9.17, 15) is 5.11 Å². The van der Waals surface area contributed by atoms with E-state index in [1.807, 2.05) is 24.3 Å². The zero-order chi connectivity index (χ0) is 13.4. The number of rotatable bonds is 2. The van der Waals surface area contributed by atoms with Crippen molar-refractivity contribution in [2.24, 2.45) is 0 Å². The lowest BCUT2D eigenvalue weighted by Gasteiger charge is -2.32. The van der Waals surface area contributed by atoms with Crippen molar-refractivity contribution in [1.82, 2.24) is 0 Å². The monoisotopic (exact) mass is 247 g/mol. The standard InChI is InChI=1S/C13H18O2.C2H3N/c1-15-12-7-5-11(6-8-12)13(14)9-3-2-4-10-13;1-2-3/h5-8,14H,2-4,9-10H2,1H3;1H3. The van der Waals surface area contributed by atoms with Crippen LogP contribution in [0.2, 0.25) is 0 Å². The predicted molar refractivity (Wildman–Crippen MR) is 71.3 cm³/mol. The fourth-order valence-electron chi connectivity index (χ4n) is 2.33. The van der Waals surface area contributed by atoms with Crippen molar-refractivity contribution in [3.63, 3.8) is 0 Å². The van der Waals surface area contributed by atoms with Crippen LogP contribution in [0.4, 0.5) is 0 Å². The first-order valence-electron chi connectivity index (χ1n) is 6.34. The summed E-state index contributed by atoms with van der Waals surface area (Å²) in [5, 5.41) is 17.8. The van der Waals surface area contributed by atoms with Crippen LogP contribution in [-0.4, -0.2) is 12.2 Å². The van der Waals surface area contributed by atoms with Gasteiger partial charge in [0, 0.05) is 6.92 Å². The third kappa shape index (κ3) is 3.75. The summed E-state index contributed by atoms with van der Waals surface area (Å²) in [6, 6.07) is 9.54. The van der Waals surface area contributed by atoms with Crippen LogP contribution in [0, 0.1) is 11.3 Å². The van der Waals surface area contributed by atoms with Gasteiger partial charge in [-0.15, -0.1) is 0 Å². The van der Waals surface area contributed by atoms with Crippen molar-refractivity contribution in [1.29, 1.82) is 5.26 Å². The summed E-state index contributed by atoms with van der Waals surface area (Å²) in [7, 11) is 1.66. The molecule has 0 aromatic heterocycles. The number of aliphatic hydroxyl groups is 1. The molecular weight excluding hydrogens is 226 g/mol. The molecule has 0 saturated heterocycles. The van der Waals surface area contributed by atoms with Crippen LogP contribution in [0.3, 0.4) is 0 Å². The highest BCUT2D eigenvalue weighted by atomic mass is 16.5. The van der Waals surface area contributed by atoms with Crippen molar-refractivity contribution in [3.05, 3.63) is 29.8 Å². The Morgan fingerprint density at radius 3 is 2.11 bits per heavy atom. The van der Waals surface area contributed by atoms with Gasteiger partial charge >= 0.3 is 0 Å². The molecule has 1 aromatic carbocycles. The van der Waals surface area contributed by atoms with Crippen molar-refractivity contribution in [2.75, 3.05) is 7.11 Å². The molecule has 1 aromatic rings. The molecule has 3 nitrogen and oxygen atoms in total. The van der Waals surface area contributed by atoms with Gasteiger partial charge in [-0.25, -0.2) is 0 Å². The van der Waals surface area contributed by atoms with E-state index in [4.69, 9.17) is 10.00 Å². The van der Waals surface area contributed by atoms with Gasteiger partial charge in [0.25, 0.3) is 0 Å². The zero-order valence-corrected chi connectivity index (χ0v) is 11.1. The molecule has 1 saturated carbocycles. The van der Waals surface area contributed by atoms with Crippen LogP contribution < -0.4 is 4.74 Å². The SMILES string of the molecule is CC#N.COc1ccc(C2(O)CCCCC2)cc1. The summed E-state index contributed by atoms with van der Waals surface area (Å²) in [5.41, 5.74) is 0.438. The van der Waals surface area contributed by atoms with E-state index >= 15 is 0 Å². The Balaban J connectivity index is 0.000000492. The lowest BCUT2D eigenvalue weighted by Crippen LogP contribution is -2.28. The number of nitrogens with zero attached hydrogens (tertiary/aromatic N) is 1. The summed E-state index contributed by atoms with van der Waals surface area (Å²) < 4.78 is 5.11. The van der Waals surface area contributed by atoms with Gasteiger partial charge in [-0.3, -0.25) is 0 Å². The van der Waals surface area contributed by atoms with Crippen LogP contribution in [0.15, 0.2) is 24.3 Å². The molecule has 1 aliphatic rings. The van der Waals surface area contributed by atoms with Crippen molar-refractivity contribution in [2.45, 2.75) is 44.6 Å². The van der Waals surface area contributed by atoms with Crippen LogP contribution >= 0.6 is 0 Å². The van der Waals surface area contributed by atoms with Crippen LogP contribution in [0.1, 0.15) is 44.6 Å². The van der Waals surface area contributed by atoms with Gasteiger partial charge in [0.05, 0.1) is 18.8 Å². The average Bonchev–Trinajstić information content (AvgIpc) is 2.41. The Morgan fingerprint density at radius 2 is 1.67 bits per heavy atom. The molecule has 0 unspecified atom stereocenters. The molecule has 2 rings (SSSR count). The minimum absolute atomic E-state index is 0.593. The molecule has 98 valence electrons. The molecular formula is C15H21NO2. The lowest BCUT2D eigenvalue weighted by atomic mass is 9.80. The number of methoxy groups -OCH3 is 1. The summed E-state index contributed by atoms with van der Waals surface area (Å²) in [6.45, 7) is 1.43. The van der Waals surface area contributed by atoms with Gasteiger partial charge in [-0.05, 0) is 30.5 Å². The Labute approximate surface area is 109 Å². The van der Waals surface area contributed by atoms with E-state index in [1.165, 1.54) is 13.3 Å². The topological polar surface area (TPSA) is 53.2 Å². The number of nitriles is 1. The van der Waals surface area contributed by atoms with Crippen molar-refractivity contribution >= 4 is 0 Å². The molecule has 1 fully saturated rings. The minimum atomic E-state index is -0.593. The van der Waals surface area contributed by atoms with Gasteiger partial charge in [0.1, 0.15) is 5.75 Å². The molecule has 0 spiro atoms. The molecule has 0 amide bonds. The minimum Gasteiger partial charge on any atom is -0.497 e. The Hall–Kier alpha value is -1.53. The summed E-state index contributed by atoms with van der Waals surface area (Å²) in [4.78, 5) is 0. The van der Waals surface area contributed by atoms with Crippen LogP contribution in [-0.2, 0) is 5.60 Å². The zero-order valence-electron chi connectivity index (χ0n) is 11.1. The lowest BCUT2D eigenvalue weighted by molar-refractivity contribution is -0.000653. The van der Waals surface area contributed by atoms with E-state index < -0.39 is 5.60 Å². The highest BCUT2D eigenvalue weighted by Gasteiger charge is 2.30.